The van der Waals surface area contributed by atoms with Crippen LogP contribution >= 0.6 is 0 Å². The average Bonchev–Trinajstić information content (AvgIpc) is 2.88. The van der Waals surface area contributed by atoms with E-state index in [9.17, 15) is 27.9 Å². The van der Waals surface area contributed by atoms with Crippen LogP contribution in [0.1, 0.15) is 19.1 Å². The number of nitrogens with zero attached hydrogens (tertiary/aromatic N) is 4. The zero-order valence-electron chi connectivity index (χ0n) is 12.9. The number of ether oxygens (including phenoxy) is 1. The molecule has 0 bridgehead atoms. The lowest BCUT2D eigenvalue weighted by Gasteiger charge is -2.37. The molecule has 0 radical (unpaired) electrons. The molecule has 0 aromatic carbocycles. The lowest BCUT2D eigenvalue weighted by atomic mass is 9.95. The van der Waals surface area contributed by atoms with Gasteiger partial charge in [-0.15, -0.1) is 0 Å². The van der Waals surface area contributed by atoms with Crippen molar-refractivity contribution in [1.29, 1.82) is 0 Å². The van der Waals surface area contributed by atoms with Gasteiger partial charge in [0.15, 0.2) is 16.8 Å². The van der Waals surface area contributed by atoms with E-state index in [2.05, 4.69) is 4.98 Å². The minimum Gasteiger partial charge on any atom is -0.379 e. The summed E-state index contributed by atoms with van der Waals surface area (Å²) < 4.78 is 46.8. The molecule has 132 valence electrons. The lowest BCUT2D eigenvalue weighted by molar-refractivity contribution is -0.300. The normalized spacial score (nSPS) is 25.3. The number of aromatic nitrogens is 4. The second kappa shape index (κ2) is 5.18. The summed E-state index contributed by atoms with van der Waals surface area (Å²) in [6.07, 6.45) is -5.66. The number of hydrogen-bond acceptors (Lipinski definition) is 5. The molecule has 2 atom stereocenters. The molecule has 2 aromatic rings. The van der Waals surface area contributed by atoms with Gasteiger partial charge < -0.3 is 14.4 Å². The van der Waals surface area contributed by atoms with E-state index >= 15 is 0 Å². The van der Waals surface area contributed by atoms with Gasteiger partial charge in [0.1, 0.15) is 6.23 Å². The average molecular weight is 348 g/mol. The largest absolute Gasteiger partial charge is 0.419 e. The fourth-order valence-corrected chi connectivity index (χ4v) is 2.80. The van der Waals surface area contributed by atoms with E-state index in [1.54, 1.807) is 7.05 Å². The quantitative estimate of drug-likeness (QED) is 0.786. The summed E-state index contributed by atoms with van der Waals surface area (Å²) in [5.74, 6) is 0. The highest BCUT2D eigenvalue weighted by molar-refractivity contribution is 5.69. The Balaban J connectivity index is 2.05. The van der Waals surface area contributed by atoms with Crippen LogP contribution in [0.2, 0.25) is 0 Å². The van der Waals surface area contributed by atoms with E-state index in [4.69, 9.17) is 4.74 Å². The Bertz CT molecular complexity index is 903. The first-order valence-electron chi connectivity index (χ1n) is 7.10. The molecular formula is C13H15F3N4O4. The van der Waals surface area contributed by atoms with Gasteiger partial charge in [-0.25, -0.2) is 14.3 Å². The van der Waals surface area contributed by atoms with E-state index in [1.807, 2.05) is 0 Å². The molecule has 24 heavy (non-hydrogen) atoms. The predicted molar refractivity (Wildman–Crippen MR) is 75.4 cm³/mol. The van der Waals surface area contributed by atoms with E-state index < -0.39 is 42.3 Å². The third-order valence-electron chi connectivity index (χ3n) is 4.28. The fraction of sp³-hybridized carbons (Fsp3) is 0.615. The van der Waals surface area contributed by atoms with E-state index in [1.165, 1.54) is 17.9 Å². The highest BCUT2D eigenvalue weighted by Crippen LogP contribution is 2.39. The van der Waals surface area contributed by atoms with Gasteiger partial charge in [-0.1, -0.05) is 0 Å². The number of hydrogen-bond donors (Lipinski definition) is 1. The van der Waals surface area contributed by atoms with Crippen molar-refractivity contribution in [2.24, 2.45) is 14.1 Å². The first kappa shape index (κ1) is 16.7. The molecule has 0 saturated carbocycles. The molecule has 0 aliphatic carbocycles. The molecule has 3 rings (SSSR count). The van der Waals surface area contributed by atoms with Gasteiger partial charge in [0.25, 0.3) is 5.56 Å². The molecule has 1 N–H and O–H groups in total. The third-order valence-corrected chi connectivity index (χ3v) is 4.28. The van der Waals surface area contributed by atoms with Crippen molar-refractivity contribution in [2.45, 2.75) is 30.8 Å². The number of aryl methyl sites for hydroxylation is 2. The van der Waals surface area contributed by atoms with Crippen molar-refractivity contribution >= 4 is 11.2 Å². The van der Waals surface area contributed by atoms with E-state index in [-0.39, 0.29) is 17.6 Å². The molecule has 2 aromatic heterocycles. The molecule has 1 saturated heterocycles. The van der Waals surface area contributed by atoms with E-state index in [0.717, 1.165) is 9.13 Å². The van der Waals surface area contributed by atoms with Crippen LogP contribution in [-0.2, 0) is 18.8 Å². The molecule has 0 spiro atoms. The summed E-state index contributed by atoms with van der Waals surface area (Å²) in [6.45, 7) is -1.04. The van der Waals surface area contributed by atoms with Crippen LogP contribution in [-0.4, -0.2) is 42.2 Å². The van der Waals surface area contributed by atoms with Crippen molar-refractivity contribution in [1.82, 2.24) is 18.7 Å². The van der Waals surface area contributed by atoms with Crippen molar-refractivity contribution < 1.29 is 23.0 Å². The van der Waals surface area contributed by atoms with Crippen LogP contribution in [0.5, 0.6) is 0 Å². The summed E-state index contributed by atoms with van der Waals surface area (Å²) in [5.41, 5.74) is -4.11. The summed E-state index contributed by atoms with van der Waals surface area (Å²) in [6, 6.07) is 0. The lowest BCUT2D eigenvalue weighted by Crippen LogP contribution is -2.54. The minimum absolute atomic E-state index is 0.136. The Hall–Kier alpha value is -2.14. The predicted octanol–water partition coefficient (Wildman–Crippen LogP) is 0.0361. The van der Waals surface area contributed by atoms with Gasteiger partial charge in [0.05, 0.1) is 12.9 Å². The molecule has 1 fully saturated rings. The Morgan fingerprint density at radius 1 is 1.38 bits per heavy atom. The van der Waals surface area contributed by atoms with E-state index in [0.29, 0.717) is 0 Å². The number of alkyl halides is 3. The fourth-order valence-electron chi connectivity index (χ4n) is 2.80. The maximum atomic E-state index is 12.8. The molecule has 1 aliphatic rings. The molecule has 2 unspecified atom stereocenters. The topological polar surface area (TPSA) is 91.3 Å². The van der Waals surface area contributed by atoms with Gasteiger partial charge in [-0.3, -0.25) is 9.36 Å². The second-order valence-corrected chi connectivity index (χ2v) is 5.88. The molecular weight excluding hydrogens is 333 g/mol. The van der Waals surface area contributed by atoms with Crippen LogP contribution in [0.3, 0.4) is 0 Å². The zero-order valence-corrected chi connectivity index (χ0v) is 12.9. The van der Waals surface area contributed by atoms with Crippen LogP contribution in [0, 0.1) is 0 Å². The Morgan fingerprint density at radius 3 is 2.58 bits per heavy atom. The summed E-state index contributed by atoms with van der Waals surface area (Å²) in [7, 11) is 2.97. The first-order valence-corrected chi connectivity index (χ1v) is 7.10. The number of halogens is 3. The molecule has 11 heteroatoms. The van der Waals surface area contributed by atoms with Crippen molar-refractivity contribution in [3.63, 3.8) is 0 Å². The maximum absolute atomic E-state index is 12.8. The second-order valence-electron chi connectivity index (χ2n) is 5.88. The highest BCUT2D eigenvalue weighted by Gasteiger charge is 2.56. The smallest absolute Gasteiger partial charge is 0.379 e. The van der Waals surface area contributed by atoms with Crippen molar-refractivity contribution in [2.75, 3.05) is 6.61 Å². The minimum atomic E-state index is -4.85. The van der Waals surface area contributed by atoms with Crippen LogP contribution in [0.4, 0.5) is 13.2 Å². The van der Waals surface area contributed by atoms with Crippen LogP contribution in [0.25, 0.3) is 11.2 Å². The SMILES string of the molecule is Cn1cnc2c1c(=O)n(C1CCC(O)(C(F)(F)F)CO1)c(=O)n2C. The zero-order chi connectivity index (χ0) is 17.9. The monoisotopic (exact) mass is 348 g/mol. The Kier molecular flexibility index (Phi) is 3.61. The van der Waals surface area contributed by atoms with Crippen molar-refractivity contribution in [3.05, 3.63) is 27.2 Å². The third kappa shape index (κ3) is 2.26. The number of imidazole rings is 1. The van der Waals surface area contributed by atoms with Crippen LogP contribution in [0.15, 0.2) is 15.9 Å². The van der Waals surface area contributed by atoms with Gasteiger partial charge in [0, 0.05) is 14.1 Å². The number of fused-ring (bicyclic) bond motifs is 1. The molecule has 8 nitrogen and oxygen atoms in total. The number of rotatable bonds is 1. The maximum Gasteiger partial charge on any atom is 0.419 e. The Morgan fingerprint density at radius 2 is 2.04 bits per heavy atom. The summed E-state index contributed by atoms with van der Waals surface area (Å²) in [4.78, 5) is 28.9. The van der Waals surface area contributed by atoms with Crippen molar-refractivity contribution in [3.8, 4) is 0 Å². The molecule has 0 amide bonds. The first-order chi connectivity index (χ1) is 11.1. The Labute approximate surface area is 132 Å². The standard InChI is InChI=1S/C13H15F3N4O4/c1-18-6-17-9-8(18)10(21)20(11(22)19(9)2)7-3-4-12(23,5-24-7)13(14,15)16/h6-7,23H,3-5H2,1-2H3. The summed E-state index contributed by atoms with van der Waals surface area (Å²) in [5, 5.41) is 9.61. The van der Waals surface area contributed by atoms with Gasteiger partial charge in [-0.2, -0.15) is 13.2 Å². The molecule has 1 aliphatic heterocycles. The van der Waals surface area contributed by atoms with Crippen LogP contribution < -0.4 is 11.2 Å². The van der Waals surface area contributed by atoms with Gasteiger partial charge in [-0.05, 0) is 12.8 Å². The summed E-state index contributed by atoms with van der Waals surface area (Å²) >= 11 is 0. The highest BCUT2D eigenvalue weighted by atomic mass is 19.4. The van der Waals surface area contributed by atoms with Gasteiger partial charge in [0.2, 0.25) is 0 Å². The number of aliphatic hydroxyl groups is 1. The van der Waals surface area contributed by atoms with Gasteiger partial charge >= 0.3 is 11.9 Å². The molecule has 3 heterocycles.